The number of nitrogens with zero attached hydrogens (tertiary/aromatic N) is 3. The minimum Gasteiger partial charge on any atom is -0.396 e. The van der Waals surface area contributed by atoms with E-state index in [2.05, 4.69) is 15.4 Å². The van der Waals surface area contributed by atoms with Gasteiger partial charge in [-0.1, -0.05) is 0 Å². The van der Waals surface area contributed by atoms with E-state index in [-0.39, 0.29) is 18.0 Å². The Morgan fingerprint density at radius 3 is 2.80 bits per heavy atom. The maximum atomic E-state index is 13.0. The van der Waals surface area contributed by atoms with Gasteiger partial charge in [0, 0.05) is 12.1 Å². The van der Waals surface area contributed by atoms with Crippen LogP contribution in [0.5, 0.6) is 0 Å². The number of carbonyl (C=O) groups excluding carboxylic acids is 1. The Hall–Kier alpha value is -2.44. The maximum Gasteiger partial charge on any atom is 0.226 e. The number of aromatic nitrogens is 3. The fraction of sp³-hybridized carbons (Fsp3) is 0.308. The first kappa shape index (κ1) is 14.0. The van der Waals surface area contributed by atoms with Crippen LogP contribution < -0.4 is 11.1 Å². The molecule has 2 aromatic rings. The predicted molar refractivity (Wildman–Crippen MR) is 73.6 cm³/mol. The second-order valence-electron chi connectivity index (χ2n) is 4.46. The van der Waals surface area contributed by atoms with Gasteiger partial charge in [0.15, 0.2) is 0 Å². The molecule has 3 N–H and O–H groups in total. The van der Waals surface area contributed by atoms with E-state index >= 15 is 0 Å². The molecule has 0 unspecified atom stereocenters. The lowest BCUT2D eigenvalue weighted by atomic mass is 10.2. The third-order valence-electron chi connectivity index (χ3n) is 2.79. The first-order valence-corrected chi connectivity index (χ1v) is 6.18. The molecule has 1 aromatic heterocycles. The molecule has 0 saturated carbocycles. The molecule has 0 atom stereocenters. The highest BCUT2D eigenvalue weighted by molar-refractivity contribution is 5.91. The van der Waals surface area contributed by atoms with E-state index < -0.39 is 5.82 Å². The van der Waals surface area contributed by atoms with Crippen molar-refractivity contribution < 1.29 is 9.18 Å². The van der Waals surface area contributed by atoms with Crippen molar-refractivity contribution in [2.24, 2.45) is 0 Å². The molecule has 0 aliphatic rings. The number of anilines is 2. The van der Waals surface area contributed by atoms with Crippen LogP contribution in [0.1, 0.15) is 18.1 Å². The summed E-state index contributed by atoms with van der Waals surface area (Å²) in [6, 6.07) is 4.07. The van der Waals surface area contributed by atoms with Crippen LogP contribution in [0, 0.1) is 19.7 Å². The van der Waals surface area contributed by atoms with E-state index in [1.807, 2.05) is 6.92 Å². The quantitative estimate of drug-likeness (QED) is 0.832. The minimum atomic E-state index is -0.503. The zero-order valence-electron chi connectivity index (χ0n) is 11.4. The summed E-state index contributed by atoms with van der Waals surface area (Å²) >= 11 is 0. The van der Waals surface area contributed by atoms with Crippen molar-refractivity contribution in [3.8, 4) is 0 Å². The number of hydrogen-bond acceptors (Lipinski definition) is 4. The Morgan fingerprint density at radius 2 is 2.20 bits per heavy atom. The van der Waals surface area contributed by atoms with Gasteiger partial charge >= 0.3 is 0 Å². The highest BCUT2D eigenvalue weighted by Gasteiger charge is 2.07. The van der Waals surface area contributed by atoms with Gasteiger partial charge in [-0.3, -0.25) is 4.79 Å². The Labute approximate surface area is 115 Å². The van der Waals surface area contributed by atoms with E-state index in [1.54, 1.807) is 11.6 Å². The normalized spacial score (nSPS) is 10.6. The zero-order chi connectivity index (χ0) is 14.7. The van der Waals surface area contributed by atoms with E-state index in [0.717, 1.165) is 5.82 Å². The number of nitrogen functional groups attached to an aromatic ring is 1. The number of benzene rings is 1. The second-order valence-corrected chi connectivity index (χ2v) is 4.46. The summed E-state index contributed by atoms with van der Waals surface area (Å²) in [5.41, 5.74) is 5.91. The molecule has 0 saturated heterocycles. The van der Waals surface area contributed by atoms with Crippen LogP contribution in [0.15, 0.2) is 18.2 Å². The Balaban J connectivity index is 1.92. The third-order valence-corrected chi connectivity index (χ3v) is 2.79. The summed E-state index contributed by atoms with van der Waals surface area (Å²) in [7, 11) is 0. The molecular weight excluding hydrogens is 261 g/mol. The fourth-order valence-electron chi connectivity index (χ4n) is 1.83. The number of halogens is 1. The molecule has 0 aliphatic heterocycles. The monoisotopic (exact) mass is 277 g/mol. The lowest BCUT2D eigenvalue weighted by molar-refractivity contribution is -0.116. The smallest absolute Gasteiger partial charge is 0.226 e. The summed E-state index contributed by atoms with van der Waals surface area (Å²) in [6.07, 6.45) is 0.251. The predicted octanol–water partition coefficient (Wildman–Crippen LogP) is 1.65. The lowest BCUT2D eigenvalue weighted by Crippen LogP contribution is -2.16. The molecule has 0 fully saturated rings. The van der Waals surface area contributed by atoms with E-state index in [0.29, 0.717) is 18.1 Å². The Bertz CT molecular complexity index is 638. The number of hydrogen-bond donors (Lipinski definition) is 2. The van der Waals surface area contributed by atoms with Gasteiger partial charge < -0.3 is 11.1 Å². The van der Waals surface area contributed by atoms with Gasteiger partial charge in [0.05, 0.1) is 12.2 Å². The van der Waals surface area contributed by atoms with Crippen LogP contribution in [0.2, 0.25) is 0 Å². The highest BCUT2D eigenvalue weighted by Crippen LogP contribution is 2.16. The van der Waals surface area contributed by atoms with Crippen molar-refractivity contribution in [3.05, 3.63) is 35.7 Å². The van der Waals surface area contributed by atoms with Crippen LogP contribution in [0.4, 0.5) is 15.8 Å². The summed E-state index contributed by atoms with van der Waals surface area (Å²) in [5.74, 6) is 0.746. The maximum absolute atomic E-state index is 13.0. The molecule has 0 bridgehead atoms. The van der Waals surface area contributed by atoms with Gasteiger partial charge in [0.2, 0.25) is 5.91 Å². The molecule has 1 aromatic carbocycles. The van der Waals surface area contributed by atoms with Crippen molar-refractivity contribution in [1.82, 2.24) is 14.8 Å². The molecule has 20 heavy (non-hydrogen) atoms. The van der Waals surface area contributed by atoms with Crippen molar-refractivity contribution in [1.29, 1.82) is 0 Å². The summed E-state index contributed by atoms with van der Waals surface area (Å²) in [5, 5.41) is 6.83. The van der Waals surface area contributed by atoms with Gasteiger partial charge in [0.1, 0.15) is 17.5 Å². The molecule has 0 radical (unpaired) electrons. The number of carbonyl (C=O) groups is 1. The molecule has 1 heterocycles. The standard InChI is InChI=1S/C13H16FN5O/c1-8-16-9(2)19(18-8)6-5-13(20)17-10-3-4-11(14)12(15)7-10/h3-4,7H,5-6,15H2,1-2H3,(H,17,20). The van der Waals surface area contributed by atoms with Gasteiger partial charge in [-0.05, 0) is 32.0 Å². The number of amides is 1. The van der Waals surface area contributed by atoms with Gasteiger partial charge in [-0.15, -0.1) is 0 Å². The summed E-state index contributed by atoms with van der Waals surface area (Å²) in [6.45, 7) is 4.07. The Kier molecular flexibility index (Phi) is 3.97. The molecule has 0 spiro atoms. The highest BCUT2D eigenvalue weighted by atomic mass is 19.1. The number of nitrogens with two attached hydrogens (primary N) is 1. The molecule has 1 amide bonds. The molecule has 2 rings (SSSR count). The molecular formula is C13H16FN5O. The second kappa shape index (κ2) is 5.68. The largest absolute Gasteiger partial charge is 0.396 e. The number of rotatable bonds is 4. The van der Waals surface area contributed by atoms with Crippen molar-refractivity contribution >= 4 is 17.3 Å². The van der Waals surface area contributed by atoms with Gasteiger partial charge in [-0.2, -0.15) is 5.10 Å². The first-order chi connectivity index (χ1) is 9.45. The zero-order valence-corrected chi connectivity index (χ0v) is 11.4. The molecule has 6 nitrogen and oxygen atoms in total. The lowest BCUT2D eigenvalue weighted by Gasteiger charge is -2.07. The molecule has 7 heteroatoms. The average molecular weight is 277 g/mol. The van der Waals surface area contributed by atoms with Gasteiger partial charge in [-0.25, -0.2) is 14.1 Å². The van der Waals surface area contributed by atoms with Crippen LogP contribution in [-0.4, -0.2) is 20.7 Å². The van der Waals surface area contributed by atoms with Crippen molar-refractivity contribution in [2.75, 3.05) is 11.1 Å². The fourth-order valence-corrected chi connectivity index (χ4v) is 1.83. The molecule has 106 valence electrons. The number of aryl methyl sites for hydroxylation is 3. The van der Waals surface area contributed by atoms with E-state index in [1.165, 1.54) is 18.2 Å². The van der Waals surface area contributed by atoms with Crippen LogP contribution in [0.25, 0.3) is 0 Å². The number of nitrogens with one attached hydrogen (secondary N) is 1. The SMILES string of the molecule is Cc1nc(C)n(CCC(=O)Nc2ccc(F)c(N)c2)n1. The van der Waals surface area contributed by atoms with E-state index in [4.69, 9.17) is 5.73 Å². The average Bonchev–Trinajstić information content (AvgIpc) is 2.70. The van der Waals surface area contributed by atoms with E-state index in [9.17, 15) is 9.18 Å². The Morgan fingerprint density at radius 1 is 1.45 bits per heavy atom. The van der Waals surface area contributed by atoms with Gasteiger partial charge in [0.25, 0.3) is 0 Å². The summed E-state index contributed by atoms with van der Waals surface area (Å²) < 4.78 is 14.7. The minimum absolute atomic E-state index is 0.00513. The van der Waals surface area contributed by atoms with Crippen LogP contribution in [0.3, 0.4) is 0 Å². The van der Waals surface area contributed by atoms with Crippen molar-refractivity contribution in [3.63, 3.8) is 0 Å². The summed E-state index contributed by atoms with van der Waals surface area (Å²) in [4.78, 5) is 15.9. The molecule has 0 aliphatic carbocycles. The third kappa shape index (κ3) is 3.31. The van der Waals surface area contributed by atoms with Crippen LogP contribution >= 0.6 is 0 Å². The first-order valence-electron chi connectivity index (χ1n) is 6.18. The topological polar surface area (TPSA) is 85.8 Å². The van der Waals surface area contributed by atoms with Crippen molar-refractivity contribution in [2.45, 2.75) is 26.8 Å². The van der Waals surface area contributed by atoms with Crippen LogP contribution in [-0.2, 0) is 11.3 Å².